The fourth-order valence-electron chi connectivity index (χ4n) is 4.57. The van der Waals surface area contributed by atoms with E-state index in [2.05, 4.69) is 46.4 Å². The Morgan fingerprint density at radius 1 is 0.900 bits per heavy atom. The normalized spacial score (nSPS) is 14.6. The second-order valence-electron chi connectivity index (χ2n) is 8.72. The van der Waals surface area contributed by atoms with E-state index in [1.54, 1.807) is 5.57 Å². The van der Waals surface area contributed by atoms with Crippen LogP contribution in [0.2, 0.25) is 0 Å². The highest BCUT2D eigenvalue weighted by Crippen LogP contribution is 2.34. The minimum absolute atomic E-state index is 0.593. The van der Waals surface area contributed by atoms with Gasteiger partial charge >= 0.3 is 6.09 Å². The van der Waals surface area contributed by atoms with E-state index < -0.39 is 6.09 Å². The number of aromatic nitrogens is 1. The van der Waals surface area contributed by atoms with E-state index >= 15 is 0 Å². The van der Waals surface area contributed by atoms with Crippen LogP contribution in [-0.2, 0) is 6.54 Å². The summed E-state index contributed by atoms with van der Waals surface area (Å²) in [5.41, 5.74) is 5.84. The minimum atomic E-state index is -0.908. The maximum atomic E-state index is 10.3. The van der Waals surface area contributed by atoms with Crippen molar-refractivity contribution in [1.82, 2.24) is 9.88 Å². The zero-order valence-electron chi connectivity index (χ0n) is 18.4. The smallest absolute Gasteiger partial charge is 0.404 e. The predicted octanol–water partition coefficient (Wildman–Crippen LogP) is 7.09. The van der Waals surface area contributed by atoms with E-state index in [0.717, 1.165) is 19.4 Å². The Morgan fingerprint density at radius 3 is 2.20 bits per heavy atom. The van der Waals surface area contributed by atoms with Crippen LogP contribution < -0.4 is 5.32 Å². The Morgan fingerprint density at radius 2 is 1.53 bits per heavy atom. The topological polar surface area (TPSA) is 54.3 Å². The summed E-state index contributed by atoms with van der Waals surface area (Å²) in [6.07, 6.45) is 24.9. The number of hydrogen-bond donors (Lipinski definition) is 2. The number of unbranched alkanes of at least 4 members (excludes halogenated alkanes) is 11. The van der Waals surface area contributed by atoms with Crippen LogP contribution in [0.15, 0.2) is 47.2 Å². The molecule has 0 unspecified atom stereocenters. The molecule has 0 spiro atoms. The van der Waals surface area contributed by atoms with Crippen molar-refractivity contribution in [2.24, 2.45) is 0 Å². The number of nitrogens with one attached hydrogen (secondary N) is 1. The second-order valence-corrected chi connectivity index (χ2v) is 8.72. The molecule has 3 rings (SSSR count). The van der Waals surface area contributed by atoms with Gasteiger partial charge in [-0.25, -0.2) is 4.79 Å². The molecular weight excluding hydrogens is 372 g/mol. The number of carbonyl (C=O) groups is 1. The molecule has 0 fully saturated rings. The van der Waals surface area contributed by atoms with Crippen molar-refractivity contribution in [3.8, 4) is 0 Å². The number of hydrogen-bond acceptors (Lipinski definition) is 1. The number of fused-ring (bicyclic) bond motifs is 2. The molecule has 0 bridgehead atoms. The zero-order valence-corrected chi connectivity index (χ0v) is 18.4. The molecule has 0 saturated heterocycles. The van der Waals surface area contributed by atoms with Crippen LogP contribution in [0.5, 0.6) is 0 Å². The number of carboxylic acid groups (broad SMARTS) is 1. The third-order valence-corrected chi connectivity index (χ3v) is 6.35. The molecule has 2 heterocycles. The number of amides is 1. The third-order valence-electron chi connectivity index (χ3n) is 6.35. The lowest BCUT2D eigenvalue weighted by atomic mass is 9.98. The van der Waals surface area contributed by atoms with Crippen molar-refractivity contribution in [2.45, 2.75) is 90.0 Å². The van der Waals surface area contributed by atoms with Crippen LogP contribution in [0, 0.1) is 0 Å². The zero-order chi connectivity index (χ0) is 21.0. The third kappa shape index (κ3) is 7.23. The van der Waals surface area contributed by atoms with Crippen LogP contribution in [0.4, 0.5) is 4.79 Å². The summed E-state index contributed by atoms with van der Waals surface area (Å²) in [6, 6.07) is 4.33. The summed E-state index contributed by atoms with van der Waals surface area (Å²) < 4.78 is 2.35. The molecule has 1 aliphatic heterocycles. The molecule has 1 amide bonds. The fraction of sp³-hybridized carbons (Fsp3) is 0.577. The predicted molar refractivity (Wildman–Crippen MR) is 125 cm³/mol. The molecule has 30 heavy (non-hydrogen) atoms. The first-order chi connectivity index (χ1) is 14.7. The second kappa shape index (κ2) is 12.5. The Labute approximate surface area is 181 Å². The molecule has 2 aliphatic rings. The Balaban J connectivity index is 1.14. The van der Waals surface area contributed by atoms with Gasteiger partial charge in [-0.05, 0) is 54.2 Å². The summed E-state index contributed by atoms with van der Waals surface area (Å²) in [7, 11) is 0. The average Bonchev–Trinajstić information content (AvgIpc) is 3.35. The number of rotatable bonds is 15. The van der Waals surface area contributed by atoms with Gasteiger partial charge in [0.2, 0.25) is 0 Å². The first-order valence-corrected chi connectivity index (χ1v) is 12.0. The van der Waals surface area contributed by atoms with Crippen molar-refractivity contribution in [1.29, 1.82) is 0 Å². The van der Waals surface area contributed by atoms with Gasteiger partial charge in [-0.1, -0.05) is 76.4 Å². The number of allylic oxidation sites excluding steroid dienone is 5. The first-order valence-electron chi connectivity index (χ1n) is 12.0. The van der Waals surface area contributed by atoms with Gasteiger partial charge in [0.1, 0.15) is 0 Å². The maximum absolute atomic E-state index is 10.3. The van der Waals surface area contributed by atoms with Crippen molar-refractivity contribution in [2.75, 3.05) is 6.54 Å². The fourth-order valence-corrected chi connectivity index (χ4v) is 4.57. The van der Waals surface area contributed by atoms with Gasteiger partial charge in [0.15, 0.2) is 0 Å². The van der Waals surface area contributed by atoms with E-state index in [4.69, 9.17) is 5.11 Å². The van der Waals surface area contributed by atoms with Gasteiger partial charge in [0.05, 0.1) is 0 Å². The highest BCUT2D eigenvalue weighted by molar-refractivity contribution is 5.68. The summed E-state index contributed by atoms with van der Waals surface area (Å²) in [5.74, 6) is 0. The van der Waals surface area contributed by atoms with E-state index in [0.29, 0.717) is 6.54 Å². The lowest BCUT2D eigenvalue weighted by molar-refractivity contribution is 0.194. The molecule has 0 saturated carbocycles. The lowest BCUT2D eigenvalue weighted by Crippen LogP contribution is -2.21. The minimum Gasteiger partial charge on any atom is -0.465 e. The van der Waals surface area contributed by atoms with Crippen LogP contribution in [0.1, 0.15) is 89.2 Å². The quantitative estimate of drug-likeness (QED) is 0.303. The lowest BCUT2D eigenvalue weighted by Gasteiger charge is -2.17. The van der Waals surface area contributed by atoms with Crippen LogP contribution in [0.25, 0.3) is 6.08 Å². The highest BCUT2D eigenvalue weighted by atomic mass is 16.4. The van der Waals surface area contributed by atoms with Gasteiger partial charge in [-0.15, -0.1) is 0 Å². The van der Waals surface area contributed by atoms with Crippen molar-refractivity contribution >= 4 is 12.2 Å². The monoisotopic (exact) mass is 410 g/mol. The Kier molecular flexibility index (Phi) is 9.33. The van der Waals surface area contributed by atoms with E-state index in [1.165, 1.54) is 87.5 Å². The van der Waals surface area contributed by atoms with Crippen LogP contribution in [-0.4, -0.2) is 22.3 Å². The van der Waals surface area contributed by atoms with Gasteiger partial charge < -0.3 is 15.0 Å². The van der Waals surface area contributed by atoms with Crippen molar-refractivity contribution in [3.05, 3.63) is 52.9 Å². The van der Waals surface area contributed by atoms with E-state index in [-0.39, 0.29) is 0 Å². The molecule has 4 heteroatoms. The van der Waals surface area contributed by atoms with E-state index in [9.17, 15) is 4.79 Å². The maximum Gasteiger partial charge on any atom is 0.404 e. The summed E-state index contributed by atoms with van der Waals surface area (Å²) in [6.45, 7) is 1.63. The molecule has 2 N–H and O–H groups in total. The van der Waals surface area contributed by atoms with Gasteiger partial charge in [0.25, 0.3) is 0 Å². The molecule has 1 aromatic heterocycles. The molecule has 0 atom stereocenters. The largest absolute Gasteiger partial charge is 0.465 e. The highest BCUT2D eigenvalue weighted by Gasteiger charge is 2.19. The molecule has 164 valence electrons. The summed E-state index contributed by atoms with van der Waals surface area (Å²) in [5, 5.41) is 10.9. The van der Waals surface area contributed by atoms with Crippen LogP contribution >= 0.6 is 0 Å². The van der Waals surface area contributed by atoms with Crippen molar-refractivity contribution in [3.63, 3.8) is 0 Å². The number of nitrogens with zero attached hydrogens (tertiary/aromatic N) is 1. The SMILES string of the molecule is O=C(O)NCCCCCCCCCCCCCCC1=C2Cn3cccc3C=C2C=C1. The van der Waals surface area contributed by atoms with E-state index in [1.807, 2.05) is 0 Å². The Bertz CT molecular complexity index is 770. The molecule has 1 aliphatic carbocycles. The van der Waals surface area contributed by atoms with Crippen LogP contribution in [0.3, 0.4) is 0 Å². The summed E-state index contributed by atoms with van der Waals surface area (Å²) in [4.78, 5) is 10.3. The Hall–Kier alpha value is -2.23. The molecule has 4 nitrogen and oxygen atoms in total. The standard InChI is InChI=1S/C26H38N2O2/c29-26(30)27-18-12-10-8-6-4-2-1-3-5-7-9-11-14-22-16-17-23-20-24-15-13-19-28(24)21-25(22)23/h13,15-17,19-20,27H,1-12,14,18,21H2,(H,29,30). The van der Waals surface area contributed by atoms with Crippen molar-refractivity contribution < 1.29 is 9.90 Å². The van der Waals surface area contributed by atoms with Gasteiger partial charge in [-0.3, -0.25) is 0 Å². The molecule has 0 radical (unpaired) electrons. The van der Waals surface area contributed by atoms with Gasteiger partial charge in [-0.2, -0.15) is 0 Å². The molecule has 0 aromatic carbocycles. The molecular formula is C26H38N2O2. The molecule has 1 aromatic rings. The first kappa shape index (κ1) is 22.5. The van der Waals surface area contributed by atoms with Gasteiger partial charge in [0, 0.05) is 25.0 Å². The summed E-state index contributed by atoms with van der Waals surface area (Å²) >= 11 is 0. The average molecular weight is 411 g/mol.